The van der Waals surface area contributed by atoms with Gasteiger partial charge in [0.15, 0.2) is 11.5 Å². The van der Waals surface area contributed by atoms with Crippen LogP contribution in [0.5, 0.6) is 17.2 Å². The minimum Gasteiger partial charge on any atom is -0.507 e. The van der Waals surface area contributed by atoms with Crippen molar-refractivity contribution in [2.75, 3.05) is 18.5 Å². The van der Waals surface area contributed by atoms with Crippen LogP contribution in [0.2, 0.25) is 0 Å². The highest BCUT2D eigenvalue weighted by Crippen LogP contribution is 2.31. The third-order valence-corrected chi connectivity index (χ3v) is 4.41. The van der Waals surface area contributed by atoms with E-state index in [2.05, 4.69) is 10.6 Å². The topological polar surface area (TPSA) is 96.9 Å². The minimum absolute atomic E-state index is 0.104. The first-order valence-electron chi connectivity index (χ1n) is 8.80. The number of anilines is 1. The van der Waals surface area contributed by atoms with E-state index in [1.54, 1.807) is 48.5 Å². The van der Waals surface area contributed by atoms with Crippen molar-refractivity contribution in [3.63, 3.8) is 0 Å². The molecule has 3 aromatic carbocycles. The van der Waals surface area contributed by atoms with Crippen LogP contribution in [-0.4, -0.2) is 36.2 Å². The van der Waals surface area contributed by atoms with Crippen molar-refractivity contribution < 1.29 is 24.2 Å². The maximum Gasteiger partial charge on any atom is 0.313 e. The number of carbonyl (C=O) groups excluding carboxylic acids is 2. The Kier molecular flexibility index (Phi) is 4.72. The van der Waals surface area contributed by atoms with Crippen LogP contribution in [0.4, 0.5) is 5.69 Å². The highest BCUT2D eigenvalue weighted by Gasteiger charge is 2.23. The van der Waals surface area contributed by atoms with Gasteiger partial charge in [0.25, 0.3) is 0 Å². The summed E-state index contributed by atoms with van der Waals surface area (Å²) >= 11 is 0. The van der Waals surface area contributed by atoms with Crippen LogP contribution in [-0.2, 0) is 9.59 Å². The Bertz CT molecular complexity index is 1050. The van der Waals surface area contributed by atoms with Crippen molar-refractivity contribution in [1.29, 1.82) is 0 Å². The van der Waals surface area contributed by atoms with Crippen molar-refractivity contribution in [2.24, 2.45) is 0 Å². The Balaban J connectivity index is 1.37. The van der Waals surface area contributed by atoms with Crippen molar-refractivity contribution in [2.45, 2.75) is 6.10 Å². The predicted molar refractivity (Wildman–Crippen MR) is 104 cm³/mol. The first-order chi connectivity index (χ1) is 13.6. The summed E-state index contributed by atoms with van der Waals surface area (Å²) < 4.78 is 11.3. The molecule has 0 aromatic heterocycles. The molecule has 7 heteroatoms. The molecule has 0 radical (unpaired) electrons. The summed E-state index contributed by atoms with van der Waals surface area (Å²) in [6.45, 7) is 0.415. The quantitative estimate of drug-likeness (QED) is 0.609. The van der Waals surface area contributed by atoms with Crippen LogP contribution in [0.3, 0.4) is 0 Å². The van der Waals surface area contributed by atoms with Crippen molar-refractivity contribution in [3.8, 4) is 17.2 Å². The largest absolute Gasteiger partial charge is 0.507 e. The van der Waals surface area contributed by atoms with Gasteiger partial charge in [-0.25, -0.2) is 0 Å². The van der Waals surface area contributed by atoms with Gasteiger partial charge in [-0.3, -0.25) is 9.59 Å². The highest BCUT2D eigenvalue weighted by molar-refractivity contribution is 6.40. The highest BCUT2D eigenvalue weighted by atomic mass is 16.6. The molecule has 0 saturated heterocycles. The lowest BCUT2D eigenvalue weighted by Gasteiger charge is -2.26. The summed E-state index contributed by atoms with van der Waals surface area (Å²) in [5.41, 5.74) is 0.444. The lowest BCUT2D eigenvalue weighted by Crippen LogP contribution is -2.44. The second-order valence-corrected chi connectivity index (χ2v) is 6.34. The van der Waals surface area contributed by atoms with Crippen LogP contribution in [0.25, 0.3) is 10.8 Å². The van der Waals surface area contributed by atoms with Crippen molar-refractivity contribution in [3.05, 3.63) is 60.7 Å². The van der Waals surface area contributed by atoms with Crippen LogP contribution >= 0.6 is 0 Å². The van der Waals surface area contributed by atoms with Crippen LogP contribution in [0.1, 0.15) is 0 Å². The number of amides is 2. The zero-order valence-electron chi connectivity index (χ0n) is 14.8. The Hall–Kier alpha value is -3.74. The lowest BCUT2D eigenvalue weighted by molar-refractivity contribution is -0.136. The Morgan fingerprint density at radius 3 is 2.54 bits per heavy atom. The van der Waals surface area contributed by atoms with Gasteiger partial charge in [0.1, 0.15) is 18.5 Å². The maximum atomic E-state index is 12.3. The number of carbonyl (C=O) groups is 2. The normalized spacial score (nSPS) is 15.1. The van der Waals surface area contributed by atoms with Gasteiger partial charge in [-0.2, -0.15) is 0 Å². The van der Waals surface area contributed by atoms with Gasteiger partial charge in [-0.1, -0.05) is 36.4 Å². The third kappa shape index (κ3) is 3.55. The number of aromatic hydroxyl groups is 1. The Labute approximate surface area is 160 Å². The van der Waals surface area contributed by atoms with Crippen molar-refractivity contribution in [1.82, 2.24) is 5.32 Å². The van der Waals surface area contributed by atoms with Gasteiger partial charge in [0.2, 0.25) is 0 Å². The molecule has 1 aliphatic rings. The molecule has 28 heavy (non-hydrogen) atoms. The molecular weight excluding hydrogens is 360 g/mol. The number of benzene rings is 3. The predicted octanol–water partition coefficient (Wildman–Crippen LogP) is 2.44. The fourth-order valence-electron chi connectivity index (χ4n) is 3.03. The smallest absolute Gasteiger partial charge is 0.313 e. The number of nitrogens with one attached hydrogen (secondary N) is 2. The van der Waals surface area contributed by atoms with E-state index < -0.39 is 11.8 Å². The molecule has 1 aliphatic heterocycles. The molecule has 0 saturated carbocycles. The molecule has 0 spiro atoms. The van der Waals surface area contributed by atoms with Crippen molar-refractivity contribution >= 4 is 28.3 Å². The number of phenols is 1. The molecule has 0 bridgehead atoms. The van der Waals surface area contributed by atoms with E-state index in [1.807, 2.05) is 12.1 Å². The molecule has 0 aliphatic carbocycles. The van der Waals surface area contributed by atoms with E-state index >= 15 is 0 Å². The Morgan fingerprint density at radius 2 is 1.68 bits per heavy atom. The van der Waals surface area contributed by atoms with E-state index in [1.165, 1.54) is 0 Å². The van der Waals surface area contributed by atoms with E-state index in [0.29, 0.717) is 28.0 Å². The van der Waals surface area contributed by atoms with Gasteiger partial charge >= 0.3 is 11.8 Å². The second-order valence-electron chi connectivity index (χ2n) is 6.34. The van der Waals surface area contributed by atoms with Gasteiger partial charge in [-0.05, 0) is 24.3 Å². The lowest BCUT2D eigenvalue weighted by atomic mass is 10.1. The Morgan fingerprint density at radius 1 is 0.929 bits per heavy atom. The van der Waals surface area contributed by atoms with E-state index in [-0.39, 0.29) is 25.0 Å². The average molecular weight is 378 g/mol. The zero-order chi connectivity index (χ0) is 19.5. The summed E-state index contributed by atoms with van der Waals surface area (Å²) in [4.78, 5) is 24.4. The molecule has 7 nitrogen and oxygen atoms in total. The number of hydrogen-bond donors (Lipinski definition) is 3. The molecular formula is C21H18N2O5. The molecule has 2 amide bonds. The van der Waals surface area contributed by atoms with E-state index in [4.69, 9.17) is 9.47 Å². The number of hydrogen-bond acceptors (Lipinski definition) is 5. The van der Waals surface area contributed by atoms with Crippen LogP contribution in [0.15, 0.2) is 60.7 Å². The first kappa shape index (κ1) is 17.7. The van der Waals surface area contributed by atoms with E-state index in [9.17, 15) is 14.7 Å². The molecule has 1 atom stereocenters. The number of rotatable bonds is 3. The van der Waals surface area contributed by atoms with E-state index in [0.717, 1.165) is 0 Å². The SMILES string of the molecule is O=C(NCC1COc2ccccc2O1)C(=O)Nc1cccc2c(O)cccc12. The van der Waals surface area contributed by atoms with Gasteiger partial charge in [0, 0.05) is 16.5 Å². The number of para-hydroxylation sites is 2. The number of ether oxygens (including phenoxy) is 2. The van der Waals surface area contributed by atoms with Crippen LogP contribution < -0.4 is 20.1 Å². The summed E-state index contributed by atoms with van der Waals surface area (Å²) in [5, 5.41) is 16.3. The third-order valence-electron chi connectivity index (χ3n) is 4.41. The second kappa shape index (κ2) is 7.48. The van der Waals surface area contributed by atoms with Gasteiger partial charge in [-0.15, -0.1) is 0 Å². The molecule has 0 fully saturated rings. The average Bonchev–Trinajstić information content (AvgIpc) is 2.72. The summed E-state index contributed by atoms with van der Waals surface area (Å²) in [6.07, 6.45) is -0.388. The van der Waals surface area contributed by atoms with Crippen LogP contribution in [0, 0.1) is 0 Å². The number of phenolic OH excluding ortho intramolecular Hbond substituents is 1. The minimum atomic E-state index is -0.798. The maximum absolute atomic E-state index is 12.3. The summed E-state index contributed by atoms with van der Waals surface area (Å²) in [5.74, 6) is -0.213. The monoisotopic (exact) mass is 378 g/mol. The van der Waals surface area contributed by atoms with Gasteiger partial charge in [0.05, 0.1) is 6.54 Å². The first-order valence-corrected chi connectivity index (χ1v) is 8.80. The molecule has 3 aromatic rings. The fourth-order valence-corrected chi connectivity index (χ4v) is 3.03. The summed E-state index contributed by atoms with van der Waals surface area (Å²) in [7, 11) is 0. The standard InChI is InChI=1S/C21H18N2O5/c24-17-8-4-5-14-15(17)6-3-7-16(14)23-21(26)20(25)22-11-13-12-27-18-9-1-2-10-19(18)28-13/h1-10,13,24H,11-12H2,(H,22,25)(H,23,26). The molecule has 4 rings (SSSR count). The molecule has 1 heterocycles. The molecule has 1 unspecified atom stereocenters. The molecule has 142 valence electrons. The fraction of sp³-hybridized carbons (Fsp3) is 0.143. The number of fused-ring (bicyclic) bond motifs is 2. The molecule has 3 N–H and O–H groups in total. The zero-order valence-corrected chi connectivity index (χ0v) is 14.8. The summed E-state index contributed by atoms with van der Waals surface area (Å²) in [6, 6.07) is 17.4. The van der Waals surface area contributed by atoms with Gasteiger partial charge < -0.3 is 25.2 Å².